The molecule has 0 saturated heterocycles. The number of aromatic carboxylic acids is 1. The van der Waals surface area contributed by atoms with E-state index in [1.807, 2.05) is 23.6 Å². The van der Waals surface area contributed by atoms with Crippen molar-refractivity contribution in [2.24, 2.45) is 0 Å². The van der Waals surface area contributed by atoms with Crippen LogP contribution in [-0.2, 0) is 6.54 Å². The predicted octanol–water partition coefficient (Wildman–Crippen LogP) is 2.49. The van der Waals surface area contributed by atoms with Crippen LogP contribution in [0, 0.1) is 6.92 Å². The van der Waals surface area contributed by atoms with Crippen molar-refractivity contribution < 1.29 is 9.90 Å². The highest BCUT2D eigenvalue weighted by atomic mass is 16.4. The smallest absolute Gasteiger partial charge is 0.335 e. The molecule has 100 valence electrons. The summed E-state index contributed by atoms with van der Waals surface area (Å²) < 4.78 is 1.91. The van der Waals surface area contributed by atoms with Crippen LogP contribution in [0.3, 0.4) is 0 Å². The van der Waals surface area contributed by atoms with E-state index in [4.69, 9.17) is 5.11 Å². The van der Waals surface area contributed by atoms with Gasteiger partial charge in [-0.1, -0.05) is 6.07 Å². The molecule has 5 nitrogen and oxygen atoms in total. The van der Waals surface area contributed by atoms with E-state index in [2.05, 4.69) is 9.97 Å². The molecule has 0 saturated carbocycles. The number of aromatic nitrogens is 3. The lowest BCUT2D eigenvalue weighted by atomic mass is 10.2. The van der Waals surface area contributed by atoms with Crippen molar-refractivity contribution in [2.45, 2.75) is 13.5 Å². The predicted molar refractivity (Wildman–Crippen MR) is 74.8 cm³/mol. The number of rotatable bonds is 3. The van der Waals surface area contributed by atoms with Crippen LogP contribution in [0.25, 0.3) is 11.0 Å². The molecule has 0 aliphatic carbocycles. The summed E-state index contributed by atoms with van der Waals surface area (Å²) >= 11 is 0. The molecule has 3 aromatic rings. The van der Waals surface area contributed by atoms with Crippen molar-refractivity contribution in [2.75, 3.05) is 0 Å². The molecular formula is C15H13N3O2. The van der Waals surface area contributed by atoms with Crippen LogP contribution in [0.2, 0.25) is 0 Å². The fourth-order valence-electron chi connectivity index (χ4n) is 2.16. The first kappa shape index (κ1) is 12.3. The van der Waals surface area contributed by atoms with Crippen molar-refractivity contribution >= 4 is 17.0 Å². The van der Waals surface area contributed by atoms with E-state index in [1.54, 1.807) is 30.7 Å². The van der Waals surface area contributed by atoms with Gasteiger partial charge in [-0.25, -0.2) is 9.78 Å². The van der Waals surface area contributed by atoms with Gasteiger partial charge >= 0.3 is 5.97 Å². The third kappa shape index (κ3) is 2.14. The van der Waals surface area contributed by atoms with Crippen LogP contribution in [0.15, 0.2) is 42.9 Å². The van der Waals surface area contributed by atoms with Crippen LogP contribution in [0.5, 0.6) is 0 Å². The number of carbonyl (C=O) groups is 1. The molecule has 2 aromatic heterocycles. The highest BCUT2D eigenvalue weighted by Gasteiger charge is 2.09. The summed E-state index contributed by atoms with van der Waals surface area (Å²) in [5.74, 6) is -0.936. The van der Waals surface area contributed by atoms with E-state index in [0.29, 0.717) is 6.54 Å². The Morgan fingerprint density at radius 3 is 2.90 bits per heavy atom. The maximum Gasteiger partial charge on any atom is 0.335 e. The first-order chi connectivity index (χ1) is 9.65. The Morgan fingerprint density at radius 1 is 1.30 bits per heavy atom. The van der Waals surface area contributed by atoms with Gasteiger partial charge in [-0.2, -0.15) is 0 Å². The minimum atomic E-state index is -0.936. The van der Waals surface area contributed by atoms with E-state index >= 15 is 0 Å². The van der Waals surface area contributed by atoms with Gasteiger partial charge in [0.15, 0.2) is 0 Å². The molecule has 0 aliphatic rings. The zero-order valence-electron chi connectivity index (χ0n) is 10.9. The SMILES string of the molecule is Cc1cccnc1Cn1cnc2ccc(C(=O)O)cc21. The van der Waals surface area contributed by atoms with Crippen LogP contribution in [0.1, 0.15) is 21.6 Å². The Morgan fingerprint density at radius 2 is 2.15 bits per heavy atom. The quantitative estimate of drug-likeness (QED) is 0.791. The van der Waals surface area contributed by atoms with E-state index in [0.717, 1.165) is 22.3 Å². The minimum Gasteiger partial charge on any atom is -0.478 e. The van der Waals surface area contributed by atoms with Gasteiger partial charge in [-0.3, -0.25) is 4.98 Å². The van der Waals surface area contributed by atoms with E-state index < -0.39 is 5.97 Å². The number of nitrogens with zero attached hydrogens (tertiary/aromatic N) is 3. The second-order valence-electron chi connectivity index (χ2n) is 4.65. The number of hydrogen-bond donors (Lipinski definition) is 1. The molecule has 20 heavy (non-hydrogen) atoms. The maximum atomic E-state index is 11.0. The second-order valence-corrected chi connectivity index (χ2v) is 4.65. The molecule has 5 heteroatoms. The third-order valence-electron chi connectivity index (χ3n) is 3.31. The maximum absolute atomic E-state index is 11.0. The van der Waals surface area contributed by atoms with Crippen molar-refractivity contribution in [3.63, 3.8) is 0 Å². The Labute approximate surface area is 115 Å². The van der Waals surface area contributed by atoms with Crippen LogP contribution < -0.4 is 0 Å². The zero-order valence-corrected chi connectivity index (χ0v) is 10.9. The number of imidazole rings is 1. The van der Waals surface area contributed by atoms with Gasteiger partial charge in [0.25, 0.3) is 0 Å². The standard InChI is InChI=1S/C15H13N3O2/c1-10-3-2-6-16-13(10)8-18-9-17-12-5-4-11(15(19)20)7-14(12)18/h2-7,9H,8H2,1H3,(H,19,20). The van der Waals surface area contributed by atoms with Crippen LogP contribution >= 0.6 is 0 Å². The summed E-state index contributed by atoms with van der Waals surface area (Å²) in [6, 6.07) is 8.83. The van der Waals surface area contributed by atoms with Gasteiger partial charge in [0.2, 0.25) is 0 Å². The topological polar surface area (TPSA) is 68.0 Å². The lowest BCUT2D eigenvalue weighted by Gasteiger charge is -2.06. The molecule has 0 fully saturated rings. The molecule has 0 radical (unpaired) electrons. The molecule has 0 bridgehead atoms. The van der Waals surface area contributed by atoms with E-state index in [1.165, 1.54) is 0 Å². The molecule has 1 aromatic carbocycles. The molecule has 2 heterocycles. The summed E-state index contributed by atoms with van der Waals surface area (Å²) in [7, 11) is 0. The number of hydrogen-bond acceptors (Lipinski definition) is 3. The van der Waals surface area contributed by atoms with Crippen molar-refractivity contribution in [1.82, 2.24) is 14.5 Å². The number of fused-ring (bicyclic) bond motifs is 1. The molecule has 0 aliphatic heterocycles. The minimum absolute atomic E-state index is 0.261. The molecule has 1 N–H and O–H groups in total. The summed E-state index contributed by atoms with van der Waals surface area (Å²) in [5, 5.41) is 9.06. The Hall–Kier alpha value is -2.69. The molecule has 0 atom stereocenters. The number of aryl methyl sites for hydroxylation is 1. The van der Waals surface area contributed by atoms with Crippen LogP contribution in [-0.4, -0.2) is 25.6 Å². The molecule has 3 rings (SSSR count). The first-order valence-corrected chi connectivity index (χ1v) is 6.24. The highest BCUT2D eigenvalue weighted by molar-refractivity contribution is 5.92. The Bertz CT molecular complexity index is 793. The average Bonchev–Trinajstić information content (AvgIpc) is 2.84. The average molecular weight is 267 g/mol. The van der Waals surface area contributed by atoms with E-state index in [9.17, 15) is 4.79 Å². The summed E-state index contributed by atoms with van der Waals surface area (Å²) in [5.41, 5.74) is 3.90. The van der Waals surface area contributed by atoms with Crippen molar-refractivity contribution in [3.8, 4) is 0 Å². The lowest BCUT2D eigenvalue weighted by molar-refractivity contribution is 0.0697. The van der Waals surface area contributed by atoms with Gasteiger partial charge in [0.1, 0.15) is 0 Å². The van der Waals surface area contributed by atoms with Gasteiger partial charge in [0.05, 0.1) is 35.2 Å². The Balaban J connectivity index is 2.06. The lowest BCUT2D eigenvalue weighted by Crippen LogP contribution is -2.03. The fourth-order valence-corrected chi connectivity index (χ4v) is 2.16. The third-order valence-corrected chi connectivity index (χ3v) is 3.31. The van der Waals surface area contributed by atoms with Gasteiger partial charge in [-0.05, 0) is 36.8 Å². The largest absolute Gasteiger partial charge is 0.478 e. The molecule has 0 spiro atoms. The van der Waals surface area contributed by atoms with Crippen LogP contribution in [0.4, 0.5) is 0 Å². The fraction of sp³-hybridized carbons (Fsp3) is 0.133. The zero-order chi connectivity index (χ0) is 14.1. The first-order valence-electron chi connectivity index (χ1n) is 6.24. The van der Waals surface area contributed by atoms with Gasteiger partial charge in [-0.15, -0.1) is 0 Å². The van der Waals surface area contributed by atoms with Crippen molar-refractivity contribution in [1.29, 1.82) is 0 Å². The molecule has 0 unspecified atom stereocenters. The van der Waals surface area contributed by atoms with Crippen molar-refractivity contribution in [3.05, 3.63) is 59.7 Å². The molecular weight excluding hydrogens is 254 g/mol. The summed E-state index contributed by atoms with van der Waals surface area (Å²) in [4.78, 5) is 19.7. The van der Waals surface area contributed by atoms with Gasteiger partial charge in [0, 0.05) is 6.20 Å². The highest BCUT2D eigenvalue weighted by Crippen LogP contribution is 2.17. The number of pyridine rings is 1. The summed E-state index contributed by atoms with van der Waals surface area (Å²) in [6.45, 7) is 2.58. The Kier molecular flexibility index (Phi) is 2.95. The summed E-state index contributed by atoms with van der Waals surface area (Å²) in [6.07, 6.45) is 3.47. The number of benzene rings is 1. The van der Waals surface area contributed by atoms with E-state index in [-0.39, 0.29) is 5.56 Å². The molecule has 0 amide bonds. The number of carboxylic acid groups (broad SMARTS) is 1. The monoisotopic (exact) mass is 267 g/mol. The second kappa shape index (κ2) is 4.77. The normalized spacial score (nSPS) is 10.8. The number of carboxylic acids is 1. The van der Waals surface area contributed by atoms with Gasteiger partial charge < -0.3 is 9.67 Å².